The van der Waals surface area contributed by atoms with Crippen molar-refractivity contribution < 1.29 is 28.7 Å². The van der Waals surface area contributed by atoms with Gasteiger partial charge in [-0.3, -0.25) is 10.1 Å². The molecule has 0 bridgehead atoms. The molecule has 0 aromatic carbocycles. The number of ether oxygens (including phenoxy) is 2. The highest BCUT2D eigenvalue weighted by Gasteiger charge is 2.36. The molecule has 0 aliphatic carbocycles. The van der Waals surface area contributed by atoms with E-state index in [2.05, 4.69) is 14.8 Å². The number of alkyl carbamates (subject to hydrolysis) is 1. The van der Waals surface area contributed by atoms with E-state index in [0.717, 1.165) is 4.90 Å². The molecule has 1 atom stereocenters. The molecule has 88 valence electrons. The molecule has 16 heavy (non-hydrogen) atoms. The molecule has 1 heterocycles. The van der Waals surface area contributed by atoms with Crippen LogP contribution in [0.2, 0.25) is 0 Å². The zero-order valence-corrected chi connectivity index (χ0v) is 8.04. The third-order valence-corrected chi connectivity index (χ3v) is 1.73. The first-order chi connectivity index (χ1) is 7.54. The van der Waals surface area contributed by atoms with Crippen LogP contribution in [0.5, 0.6) is 0 Å². The number of esters is 1. The van der Waals surface area contributed by atoms with Gasteiger partial charge in [-0.05, 0) is 0 Å². The Balaban J connectivity index is 2.47. The number of primary amides is 1. The molecule has 9 heteroatoms. The van der Waals surface area contributed by atoms with Gasteiger partial charge in [-0.1, -0.05) is 0 Å². The minimum atomic E-state index is -1.19. The van der Waals surface area contributed by atoms with Gasteiger partial charge in [0.2, 0.25) is 12.6 Å². The maximum atomic E-state index is 11.0. The van der Waals surface area contributed by atoms with Gasteiger partial charge in [-0.15, -0.1) is 0 Å². The van der Waals surface area contributed by atoms with Crippen LogP contribution < -0.4 is 11.1 Å². The molecular weight excluding hydrogens is 222 g/mol. The van der Waals surface area contributed by atoms with Crippen LogP contribution in [0.25, 0.3) is 0 Å². The van der Waals surface area contributed by atoms with Crippen LogP contribution in [0.4, 0.5) is 9.59 Å². The van der Waals surface area contributed by atoms with Crippen molar-refractivity contribution in [3.63, 3.8) is 0 Å². The Hall–Kier alpha value is -2.32. The van der Waals surface area contributed by atoms with E-state index in [4.69, 9.17) is 5.73 Å². The summed E-state index contributed by atoms with van der Waals surface area (Å²) in [4.78, 5) is 43.5. The minimum absolute atomic E-state index is 0.0908. The van der Waals surface area contributed by atoms with Gasteiger partial charge >= 0.3 is 18.2 Å². The Morgan fingerprint density at radius 3 is 2.75 bits per heavy atom. The average molecular weight is 231 g/mol. The van der Waals surface area contributed by atoms with E-state index in [0.29, 0.717) is 6.41 Å². The minimum Gasteiger partial charge on any atom is -0.448 e. The molecule has 0 saturated carbocycles. The van der Waals surface area contributed by atoms with Crippen LogP contribution in [-0.2, 0) is 19.1 Å². The van der Waals surface area contributed by atoms with E-state index in [1.807, 2.05) is 0 Å². The first-order valence-corrected chi connectivity index (χ1v) is 4.20. The molecule has 3 N–H and O–H groups in total. The molecule has 0 spiro atoms. The molecule has 1 rings (SSSR count). The number of carbonyl (C=O) groups is 4. The average Bonchev–Trinajstić information content (AvgIpc) is 2.52. The van der Waals surface area contributed by atoms with E-state index < -0.39 is 24.3 Å². The van der Waals surface area contributed by atoms with E-state index in [9.17, 15) is 19.2 Å². The zero-order chi connectivity index (χ0) is 12.1. The smallest absolute Gasteiger partial charge is 0.417 e. The summed E-state index contributed by atoms with van der Waals surface area (Å²) in [7, 11) is 0. The number of amides is 3. The van der Waals surface area contributed by atoms with Gasteiger partial charge < -0.3 is 20.1 Å². The summed E-state index contributed by atoms with van der Waals surface area (Å²) in [6.07, 6.45) is -2.80. The summed E-state index contributed by atoms with van der Waals surface area (Å²) in [6.45, 7) is -0.278. The van der Waals surface area contributed by atoms with Crippen molar-refractivity contribution in [1.82, 2.24) is 10.2 Å². The number of cyclic esters (lactones) is 2. The molecular formula is C7H9N3O6. The Labute approximate surface area is 89.4 Å². The number of hydrogen-bond acceptors (Lipinski definition) is 6. The molecule has 3 amide bonds. The van der Waals surface area contributed by atoms with Gasteiger partial charge in [-0.2, -0.15) is 0 Å². The molecule has 0 aromatic heterocycles. The Morgan fingerprint density at radius 1 is 1.62 bits per heavy atom. The summed E-state index contributed by atoms with van der Waals surface area (Å²) in [5.74, 6) is -0.892. The third kappa shape index (κ3) is 2.83. The normalized spacial score (nSPS) is 18.6. The van der Waals surface area contributed by atoms with Crippen LogP contribution in [0.1, 0.15) is 0 Å². The Kier molecular flexibility index (Phi) is 3.64. The predicted molar refractivity (Wildman–Crippen MR) is 46.7 cm³/mol. The number of nitrogens with zero attached hydrogens (tertiary/aromatic N) is 1. The van der Waals surface area contributed by atoms with Crippen molar-refractivity contribution in [3.05, 3.63) is 0 Å². The summed E-state index contributed by atoms with van der Waals surface area (Å²) < 4.78 is 8.53. The summed E-state index contributed by atoms with van der Waals surface area (Å²) in [6, 6.07) is 0. The first-order valence-electron chi connectivity index (χ1n) is 4.20. The van der Waals surface area contributed by atoms with Crippen molar-refractivity contribution in [3.8, 4) is 0 Å². The Bertz CT molecular complexity index is 330. The summed E-state index contributed by atoms with van der Waals surface area (Å²) in [5, 5.41) is 2.11. The zero-order valence-electron chi connectivity index (χ0n) is 8.04. The number of nitrogens with two attached hydrogens (primary N) is 1. The highest BCUT2D eigenvalue weighted by molar-refractivity contribution is 5.96. The third-order valence-electron chi connectivity index (χ3n) is 1.73. The molecule has 1 saturated heterocycles. The maximum Gasteiger partial charge on any atom is 0.417 e. The Morgan fingerprint density at radius 2 is 2.31 bits per heavy atom. The molecule has 1 aliphatic heterocycles. The van der Waals surface area contributed by atoms with Crippen LogP contribution in [0, 0.1) is 0 Å². The van der Waals surface area contributed by atoms with E-state index >= 15 is 0 Å². The molecule has 1 aliphatic rings. The second kappa shape index (κ2) is 4.96. The summed E-state index contributed by atoms with van der Waals surface area (Å²) in [5.41, 5.74) is 4.69. The van der Waals surface area contributed by atoms with E-state index in [1.54, 1.807) is 0 Å². The second-order valence-corrected chi connectivity index (χ2v) is 2.77. The fourth-order valence-electron chi connectivity index (χ4n) is 1.06. The first kappa shape index (κ1) is 11.8. The molecule has 0 radical (unpaired) electrons. The number of rotatable bonds is 5. The molecule has 1 unspecified atom stereocenters. The van der Waals surface area contributed by atoms with Crippen LogP contribution in [0.3, 0.4) is 0 Å². The van der Waals surface area contributed by atoms with Crippen LogP contribution in [-0.4, -0.2) is 48.8 Å². The fraction of sp³-hybridized carbons (Fsp3) is 0.429. The highest BCUT2D eigenvalue weighted by Crippen LogP contribution is 2.04. The van der Waals surface area contributed by atoms with Crippen LogP contribution >= 0.6 is 0 Å². The lowest BCUT2D eigenvalue weighted by Gasteiger charge is -2.20. The standard InChI is InChI=1S/C7H9N3O6/c8-6(13)15-2-1-10(3-11)4-5(12)16-7(14)9-4/h3-4H,1-2H2,(H2,8,13)(H,9,14). The van der Waals surface area contributed by atoms with Gasteiger partial charge in [0.25, 0.3) is 0 Å². The lowest BCUT2D eigenvalue weighted by atomic mass is 10.4. The van der Waals surface area contributed by atoms with Crippen molar-refractivity contribution in [2.24, 2.45) is 5.73 Å². The monoisotopic (exact) mass is 231 g/mol. The number of hydrogen-bond donors (Lipinski definition) is 2. The van der Waals surface area contributed by atoms with Crippen molar-refractivity contribution in [2.45, 2.75) is 6.17 Å². The van der Waals surface area contributed by atoms with Gasteiger partial charge in [0.1, 0.15) is 6.61 Å². The molecule has 9 nitrogen and oxygen atoms in total. The van der Waals surface area contributed by atoms with Crippen molar-refractivity contribution in [2.75, 3.05) is 13.2 Å². The van der Waals surface area contributed by atoms with E-state index in [-0.39, 0.29) is 13.2 Å². The highest BCUT2D eigenvalue weighted by atomic mass is 16.6. The van der Waals surface area contributed by atoms with Gasteiger partial charge in [0, 0.05) is 0 Å². The second-order valence-electron chi connectivity index (χ2n) is 2.77. The fourth-order valence-corrected chi connectivity index (χ4v) is 1.06. The SMILES string of the molecule is NC(=O)OCCN(C=O)C1NC(=O)OC1=O. The topological polar surface area (TPSA) is 128 Å². The lowest BCUT2D eigenvalue weighted by molar-refractivity contribution is -0.142. The maximum absolute atomic E-state index is 11.0. The quantitative estimate of drug-likeness (QED) is 0.324. The van der Waals surface area contributed by atoms with Gasteiger partial charge in [0.15, 0.2) is 0 Å². The van der Waals surface area contributed by atoms with Crippen molar-refractivity contribution >= 4 is 24.6 Å². The largest absolute Gasteiger partial charge is 0.448 e. The molecule has 1 fully saturated rings. The number of carbonyl (C=O) groups excluding carboxylic acids is 4. The van der Waals surface area contributed by atoms with Crippen LogP contribution in [0.15, 0.2) is 0 Å². The van der Waals surface area contributed by atoms with Gasteiger partial charge in [-0.25, -0.2) is 14.4 Å². The van der Waals surface area contributed by atoms with Crippen molar-refractivity contribution in [1.29, 1.82) is 0 Å². The molecule has 0 aromatic rings. The predicted octanol–water partition coefficient (Wildman–Crippen LogP) is -1.87. The van der Waals surface area contributed by atoms with Gasteiger partial charge in [0.05, 0.1) is 6.54 Å². The number of nitrogens with one attached hydrogen (secondary N) is 1. The lowest BCUT2D eigenvalue weighted by Crippen LogP contribution is -2.47. The summed E-state index contributed by atoms with van der Waals surface area (Å²) >= 11 is 0. The van der Waals surface area contributed by atoms with E-state index in [1.165, 1.54) is 0 Å².